The molecule has 1 atom stereocenters. The molecule has 3 rings (SSSR count). The van der Waals surface area contributed by atoms with Crippen LogP contribution in [-0.2, 0) is 5.60 Å². The highest BCUT2D eigenvalue weighted by molar-refractivity contribution is 5.52. The van der Waals surface area contributed by atoms with Gasteiger partial charge in [-0.25, -0.2) is 0 Å². The fraction of sp³-hybridized carbons (Fsp3) is 0.300. The van der Waals surface area contributed by atoms with Gasteiger partial charge in [-0.3, -0.25) is 0 Å². The Morgan fingerprint density at radius 1 is 0.864 bits per heavy atom. The first-order valence-corrected chi connectivity index (χ1v) is 7.89. The predicted molar refractivity (Wildman–Crippen MR) is 89.2 cm³/mol. The monoisotopic (exact) mass is 294 g/mol. The lowest BCUT2D eigenvalue weighted by Gasteiger charge is -2.39. The fourth-order valence-electron chi connectivity index (χ4n) is 3.33. The van der Waals surface area contributed by atoms with Gasteiger partial charge in [-0.2, -0.15) is 0 Å². The Morgan fingerprint density at radius 2 is 1.41 bits per heavy atom. The van der Waals surface area contributed by atoms with Crippen LogP contribution >= 0.6 is 0 Å². The first-order chi connectivity index (χ1) is 10.6. The number of aliphatic hydroxyl groups is 2. The van der Waals surface area contributed by atoms with Crippen molar-refractivity contribution in [1.82, 2.24) is 0 Å². The van der Waals surface area contributed by atoms with Crippen molar-refractivity contribution in [1.29, 1.82) is 0 Å². The zero-order valence-corrected chi connectivity index (χ0v) is 12.7. The van der Waals surface area contributed by atoms with Gasteiger partial charge in [0.05, 0.1) is 0 Å². The van der Waals surface area contributed by atoms with E-state index >= 15 is 0 Å². The molecule has 0 amide bonds. The third kappa shape index (κ3) is 2.72. The van der Waals surface area contributed by atoms with E-state index in [0.717, 1.165) is 24.0 Å². The summed E-state index contributed by atoms with van der Waals surface area (Å²) in [6.45, 7) is 0. The van der Waals surface area contributed by atoms with Gasteiger partial charge >= 0.3 is 0 Å². The van der Waals surface area contributed by atoms with Gasteiger partial charge in [0.2, 0.25) is 0 Å². The Kier molecular flexibility index (Phi) is 4.14. The van der Waals surface area contributed by atoms with Crippen LogP contribution in [-0.4, -0.2) is 15.8 Å². The van der Waals surface area contributed by atoms with E-state index in [1.54, 1.807) is 6.08 Å². The van der Waals surface area contributed by atoms with Gasteiger partial charge in [0, 0.05) is 0 Å². The van der Waals surface area contributed by atoms with Crippen molar-refractivity contribution < 1.29 is 10.2 Å². The van der Waals surface area contributed by atoms with Crippen LogP contribution in [0.25, 0.3) is 6.08 Å². The molecule has 2 aromatic rings. The zero-order chi connectivity index (χ0) is 15.5. The smallest absolute Gasteiger partial charge is 0.137 e. The van der Waals surface area contributed by atoms with Crippen molar-refractivity contribution in [2.75, 3.05) is 0 Å². The third-order valence-electron chi connectivity index (χ3n) is 4.67. The maximum atomic E-state index is 11.4. The lowest BCUT2D eigenvalue weighted by atomic mass is 9.76. The normalized spacial score (nSPS) is 20.1. The van der Waals surface area contributed by atoms with Crippen molar-refractivity contribution in [2.45, 2.75) is 36.9 Å². The second-order valence-electron chi connectivity index (χ2n) is 6.12. The molecule has 1 unspecified atom stereocenters. The summed E-state index contributed by atoms with van der Waals surface area (Å²) in [5.74, 6) is 0. The molecule has 1 aliphatic carbocycles. The van der Waals surface area contributed by atoms with Crippen molar-refractivity contribution in [3.05, 3.63) is 77.9 Å². The molecule has 0 saturated heterocycles. The van der Waals surface area contributed by atoms with Crippen LogP contribution < -0.4 is 0 Å². The molecule has 114 valence electrons. The standard InChI is InChI=1S/C20H22O2/c21-19(14-7-8-15-19)20(22,18-11-5-2-6-12-18)16-13-17-9-3-1-4-10-17/h1-6,9-13,16,21-22H,7-8,14-15H2/b16-13+. The number of hydrogen-bond donors (Lipinski definition) is 2. The average Bonchev–Trinajstić information content (AvgIpc) is 3.03. The summed E-state index contributed by atoms with van der Waals surface area (Å²) in [4.78, 5) is 0. The number of benzene rings is 2. The largest absolute Gasteiger partial charge is 0.386 e. The summed E-state index contributed by atoms with van der Waals surface area (Å²) in [6, 6.07) is 19.3. The zero-order valence-electron chi connectivity index (χ0n) is 12.7. The Hall–Kier alpha value is -1.90. The molecule has 2 nitrogen and oxygen atoms in total. The van der Waals surface area contributed by atoms with Crippen LogP contribution in [0.2, 0.25) is 0 Å². The molecule has 2 aromatic carbocycles. The molecule has 0 aromatic heterocycles. The van der Waals surface area contributed by atoms with Gasteiger partial charge in [0.15, 0.2) is 0 Å². The molecule has 1 saturated carbocycles. The van der Waals surface area contributed by atoms with Gasteiger partial charge in [-0.1, -0.05) is 79.6 Å². The highest BCUT2D eigenvalue weighted by Gasteiger charge is 2.50. The van der Waals surface area contributed by atoms with Crippen LogP contribution in [0, 0.1) is 0 Å². The van der Waals surface area contributed by atoms with E-state index in [1.165, 1.54) is 0 Å². The van der Waals surface area contributed by atoms with Crippen molar-refractivity contribution in [3.8, 4) is 0 Å². The minimum absolute atomic E-state index is 0.623. The molecule has 2 N–H and O–H groups in total. The van der Waals surface area contributed by atoms with E-state index in [9.17, 15) is 10.2 Å². The van der Waals surface area contributed by atoms with Crippen LogP contribution in [0.15, 0.2) is 66.7 Å². The van der Waals surface area contributed by atoms with Crippen molar-refractivity contribution >= 4 is 6.08 Å². The van der Waals surface area contributed by atoms with Crippen LogP contribution in [0.3, 0.4) is 0 Å². The number of hydrogen-bond acceptors (Lipinski definition) is 2. The molecule has 1 fully saturated rings. The highest BCUT2D eigenvalue weighted by atomic mass is 16.4. The molecule has 0 aliphatic heterocycles. The Bertz CT molecular complexity index is 627. The van der Waals surface area contributed by atoms with E-state index < -0.39 is 11.2 Å². The van der Waals surface area contributed by atoms with Crippen LogP contribution in [0.4, 0.5) is 0 Å². The topological polar surface area (TPSA) is 40.5 Å². The lowest BCUT2D eigenvalue weighted by molar-refractivity contribution is -0.124. The van der Waals surface area contributed by atoms with E-state index in [4.69, 9.17) is 0 Å². The molecular weight excluding hydrogens is 272 g/mol. The molecule has 0 bridgehead atoms. The van der Waals surface area contributed by atoms with Crippen LogP contribution in [0.1, 0.15) is 36.8 Å². The van der Waals surface area contributed by atoms with Crippen LogP contribution in [0.5, 0.6) is 0 Å². The second kappa shape index (κ2) is 6.07. The molecule has 22 heavy (non-hydrogen) atoms. The summed E-state index contributed by atoms with van der Waals surface area (Å²) >= 11 is 0. The van der Waals surface area contributed by atoms with Gasteiger partial charge in [-0.05, 0) is 30.0 Å². The highest BCUT2D eigenvalue weighted by Crippen LogP contribution is 2.45. The van der Waals surface area contributed by atoms with E-state index in [2.05, 4.69) is 0 Å². The van der Waals surface area contributed by atoms with E-state index in [1.807, 2.05) is 66.7 Å². The maximum Gasteiger partial charge on any atom is 0.137 e. The van der Waals surface area contributed by atoms with E-state index in [-0.39, 0.29) is 0 Å². The molecule has 1 aliphatic rings. The summed E-state index contributed by atoms with van der Waals surface area (Å²) in [6.07, 6.45) is 6.79. The minimum atomic E-state index is -1.36. The quantitative estimate of drug-likeness (QED) is 0.898. The lowest BCUT2D eigenvalue weighted by Crippen LogP contribution is -2.48. The summed E-state index contributed by atoms with van der Waals surface area (Å²) in [7, 11) is 0. The molecular formula is C20H22O2. The van der Waals surface area contributed by atoms with E-state index in [0.29, 0.717) is 12.8 Å². The maximum absolute atomic E-state index is 11.4. The van der Waals surface area contributed by atoms with Gasteiger partial charge in [0.25, 0.3) is 0 Å². The average molecular weight is 294 g/mol. The minimum Gasteiger partial charge on any atom is -0.386 e. The SMILES string of the molecule is OC1(C(O)(/C=C/c2ccccc2)c2ccccc2)CCCC1. The Balaban J connectivity index is 2.02. The van der Waals surface area contributed by atoms with Crippen molar-refractivity contribution in [3.63, 3.8) is 0 Å². The van der Waals surface area contributed by atoms with Gasteiger partial charge in [-0.15, -0.1) is 0 Å². The van der Waals surface area contributed by atoms with Crippen molar-refractivity contribution in [2.24, 2.45) is 0 Å². The Morgan fingerprint density at radius 3 is 2.00 bits per heavy atom. The molecule has 2 heteroatoms. The molecule has 0 radical (unpaired) electrons. The summed E-state index contributed by atoms with van der Waals surface area (Å²) in [5.41, 5.74) is -0.703. The first-order valence-electron chi connectivity index (χ1n) is 7.89. The molecule has 0 spiro atoms. The number of rotatable bonds is 4. The Labute approximate surface area is 131 Å². The summed E-state index contributed by atoms with van der Waals surface area (Å²) < 4.78 is 0. The summed E-state index contributed by atoms with van der Waals surface area (Å²) in [5, 5.41) is 22.4. The third-order valence-corrected chi connectivity index (χ3v) is 4.67. The first kappa shape index (κ1) is 15.0. The second-order valence-corrected chi connectivity index (χ2v) is 6.12. The van der Waals surface area contributed by atoms with Gasteiger partial charge < -0.3 is 10.2 Å². The predicted octanol–water partition coefficient (Wildman–Crippen LogP) is 3.89. The van der Waals surface area contributed by atoms with Gasteiger partial charge in [0.1, 0.15) is 11.2 Å². The fourth-order valence-corrected chi connectivity index (χ4v) is 3.33. The molecule has 0 heterocycles.